The SMILES string of the molecule is Cc1ccc(NC(=S)N2CCN(S(=O)(=O)c3ccc4c(c3)CCC4)CC2)cc1. The first-order valence-corrected chi connectivity index (χ1v) is 11.5. The van der Waals surface area contributed by atoms with Crippen molar-refractivity contribution in [2.24, 2.45) is 0 Å². The van der Waals surface area contributed by atoms with Crippen molar-refractivity contribution in [2.45, 2.75) is 31.1 Å². The van der Waals surface area contributed by atoms with Crippen LogP contribution in [0, 0.1) is 6.92 Å². The van der Waals surface area contributed by atoms with E-state index in [1.54, 1.807) is 10.4 Å². The van der Waals surface area contributed by atoms with E-state index < -0.39 is 10.0 Å². The number of sulfonamides is 1. The minimum atomic E-state index is -3.45. The maximum Gasteiger partial charge on any atom is 0.243 e. The number of rotatable bonds is 3. The van der Waals surface area contributed by atoms with Gasteiger partial charge in [-0.2, -0.15) is 4.31 Å². The summed E-state index contributed by atoms with van der Waals surface area (Å²) in [6, 6.07) is 13.7. The molecule has 4 rings (SSSR count). The Labute approximate surface area is 172 Å². The lowest BCUT2D eigenvalue weighted by molar-refractivity contribution is 0.268. The number of piperazine rings is 1. The first-order chi connectivity index (χ1) is 13.4. The molecular formula is C21H25N3O2S2. The predicted molar refractivity (Wildman–Crippen MR) is 116 cm³/mol. The van der Waals surface area contributed by atoms with Gasteiger partial charge in [0, 0.05) is 31.9 Å². The van der Waals surface area contributed by atoms with Crippen molar-refractivity contribution in [2.75, 3.05) is 31.5 Å². The highest BCUT2D eigenvalue weighted by molar-refractivity contribution is 7.89. The molecule has 0 atom stereocenters. The number of fused-ring (bicyclic) bond motifs is 1. The number of nitrogens with one attached hydrogen (secondary N) is 1. The molecule has 2 aromatic carbocycles. The topological polar surface area (TPSA) is 52.6 Å². The molecule has 0 radical (unpaired) electrons. The van der Waals surface area contributed by atoms with E-state index in [4.69, 9.17) is 12.2 Å². The van der Waals surface area contributed by atoms with E-state index in [0.29, 0.717) is 36.2 Å². The Morgan fingerprint density at radius 2 is 1.64 bits per heavy atom. The van der Waals surface area contributed by atoms with Crippen LogP contribution in [0.1, 0.15) is 23.1 Å². The average molecular weight is 416 g/mol. The molecule has 2 aromatic rings. The maximum absolute atomic E-state index is 13.0. The molecule has 5 nitrogen and oxygen atoms in total. The molecule has 1 fully saturated rings. The first kappa shape index (κ1) is 19.4. The lowest BCUT2D eigenvalue weighted by Gasteiger charge is -2.35. The monoisotopic (exact) mass is 415 g/mol. The van der Waals surface area contributed by atoms with Crippen LogP contribution < -0.4 is 5.32 Å². The molecule has 0 saturated carbocycles. The van der Waals surface area contributed by atoms with Crippen LogP contribution in [0.25, 0.3) is 0 Å². The Morgan fingerprint density at radius 3 is 2.36 bits per heavy atom. The fourth-order valence-electron chi connectivity index (χ4n) is 3.83. The molecule has 1 N–H and O–H groups in total. The van der Waals surface area contributed by atoms with Crippen LogP contribution in [0.15, 0.2) is 47.4 Å². The number of anilines is 1. The summed E-state index contributed by atoms with van der Waals surface area (Å²) < 4.78 is 27.7. The number of benzene rings is 2. The van der Waals surface area contributed by atoms with E-state index in [2.05, 4.69) is 5.32 Å². The molecule has 148 valence electrons. The van der Waals surface area contributed by atoms with Gasteiger partial charge in [0.25, 0.3) is 0 Å². The van der Waals surface area contributed by atoms with Crippen LogP contribution in [-0.2, 0) is 22.9 Å². The normalized spacial score (nSPS) is 17.4. The molecule has 0 amide bonds. The molecule has 0 aromatic heterocycles. The van der Waals surface area contributed by atoms with Gasteiger partial charge in [-0.05, 0) is 73.8 Å². The molecule has 1 aliphatic carbocycles. The summed E-state index contributed by atoms with van der Waals surface area (Å²) in [6.07, 6.45) is 3.15. The largest absolute Gasteiger partial charge is 0.346 e. The smallest absolute Gasteiger partial charge is 0.243 e. The van der Waals surface area contributed by atoms with E-state index in [9.17, 15) is 8.42 Å². The number of hydrogen-bond acceptors (Lipinski definition) is 3. The summed E-state index contributed by atoms with van der Waals surface area (Å²) in [4.78, 5) is 2.45. The van der Waals surface area contributed by atoms with Crippen molar-refractivity contribution >= 4 is 33.0 Å². The van der Waals surface area contributed by atoms with Crippen LogP contribution in [0.4, 0.5) is 5.69 Å². The Morgan fingerprint density at radius 1 is 0.964 bits per heavy atom. The Bertz CT molecular complexity index is 979. The second-order valence-electron chi connectivity index (χ2n) is 7.47. The molecule has 1 saturated heterocycles. The van der Waals surface area contributed by atoms with Gasteiger partial charge in [0.1, 0.15) is 0 Å². The van der Waals surface area contributed by atoms with Crippen molar-refractivity contribution < 1.29 is 8.42 Å². The van der Waals surface area contributed by atoms with Crippen LogP contribution in [0.3, 0.4) is 0 Å². The van der Waals surface area contributed by atoms with Gasteiger partial charge in [0.15, 0.2) is 5.11 Å². The van der Waals surface area contributed by atoms with Gasteiger partial charge in [-0.15, -0.1) is 0 Å². The minimum Gasteiger partial charge on any atom is -0.346 e. The minimum absolute atomic E-state index is 0.418. The van der Waals surface area contributed by atoms with E-state index in [1.165, 1.54) is 16.7 Å². The van der Waals surface area contributed by atoms with Crippen molar-refractivity contribution in [3.63, 3.8) is 0 Å². The van der Waals surface area contributed by atoms with Crippen molar-refractivity contribution in [1.82, 2.24) is 9.21 Å². The van der Waals surface area contributed by atoms with Crippen molar-refractivity contribution in [3.8, 4) is 0 Å². The summed E-state index contributed by atoms with van der Waals surface area (Å²) >= 11 is 5.52. The van der Waals surface area contributed by atoms with E-state index >= 15 is 0 Å². The summed E-state index contributed by atoms with van der Waals surface area (Å²) in [5, 5.41) is 3.88. The lowest BCUT2D eigenvalue weighted by Crippen LogP contribution is -2.51. The Hall–Kier alpha value is -1.96. The van der Waals surface area contributed by atoms with Gasteiger partial charge in [-0.25, -0.2) is 8.42 Å². The molecule has 28 heavy (non-hydrogen) atoms. The van der Waals surface area contributed by atoms with E-state index in [-0.39, 0.29) is 0 Å². The van der Waals surface area contributed by atoms with Crippen LogP contribution in [-0.4, -0.2) is 48.9 Å². The quantitative estimate of drug-likeness (QED) is 0.781. The fraction of sp³-hybridized carbons (Fsp3) is 0.381. The van der Waals surface area contributed by atoms with Gasteiger partial charge < -0.3 is 10.2 Å². The number of nitrogens with zero attached hydrogens (tertiary/aromatic N) is 2. The third-order valence-electron chi connectivity index (χ3n) is 5.54. The second kappa shape index (κ2) is 7.81. The predicted octanol–water partition coefficient (Wildman–Crippen LogP) is 3.19. The van der Waals surface area contributed by atoms with Crippen molar-refractivity contribution in [1.29, 1.82) is 0 Å². The molecule has 2 aliphatic rings. The van der Waals surface area contributed by atoms with Crippen LogP contribution in [0.5, 0.6) is 0 Å². The number of hydrogen-bond donors (Lipinski definition) is 1. The summed E-state index contributed by atoms with van der Waals surface area (Å²) in [5.74, 6) is 0. The average Bonchev–Trinajstić information content (AvgIpc) is 3.17. The second-order valence-corrected chi connectivity index (χ2v) is 9.80. The maximum atomic E-state index is 13.0. The Kier molecular flexibility index (Phi) is 5.40. The van der Waals surface area contributed by atoms with Crippen LogP contribution >= 0.6 is 12.2 Å². The lowest BCUT2D eigenvalue weighted by atomic mass is 10.1. The summed E-state index contributed by atoms with van der Waals surface area (Å²) in [7, 11) is -3.45. The van der Waals surface area contributed by atoms with Gasteiger partial charge in [0.05, 0.1) is 4.90 Å². The molecule has 7 heteroatoms. The van der Waals surface area contributed by atoms with E-state index in [0.717, 1.165) is 24.9 Å². The molecule has 0 spiro atoms. The molecule has 0 unspecified atom stereocenters. The van der Waals surface area contributed by atoms with Crippen molar-refractivity contribution in [3.05, 3.63) is 59.2 Å². The number of thiocarbonyl (C=S) groups is 1. The summed E-state index contributed by atoms with van der Waals surface area (Å²) in [6.45, 7) is 4.09. The first-order valence-electron chi connectivity index (χ1n) is 9.68. The van der Waals surface area contributed by atoms with Gasteiger partial charge in [-0.3, -0.25) is 0 Å². The fourth-order valence-corrected chi connectivity index (χ4v) is 5.60. The third-order valence-corrected chi connectivity index (χ3v) is 7.79. The van der Waals surface area contributed by atoms with Gasteiger partial charge >= 0.3 is 0 Å². The van der Waals surface area contributed by atoms with E-state index in [1.807, 2.05) is 48.2 Å². The molecule has 1 heterocycles. The highest BCUT2D eigenvalue weighted by Gasteiger charge is 2.30. The zero-order valence-corrected chi connectivity index (χ0v) is 17.7. The zero-order chi connectivity index (χ0) is 19.7. The molecule has 0 bridgehead atoms. The summed E-state index contributed by atoms with van der Waals surface area (Å²) in [5.41, 5.74) is 4.62. The Balaban J connectivity index is 1.39. The third kappa shape index (κ3) is 3.92. The highest BCUT2D eigenvalue weighted by Crippen LogP contribution is 2.26. The zero-order valence-electron chi connectivity index (χ0n) is 16.0. The molecular weight excluding hydrogens is 390 g/mol. The molecule has 1 aliphatic heterocycles. The van der Waals surface area contributed by atoms with Gasteiger partial charge in [-0.1, -0.05) is 23.8 Å². The van der Waals surface area contributed by atoms with Gasteiger partial charge in [0.2, 0.25) is 10.0 Å². The number of aryl methyl sites for hydroxylation is 3. The standard InChI is InChI=1S/C21H25N3O2S2/c1-16-5-8-19(9-6-16)22-21(27)23-11-13-24(14-12-23)28(25,26)20-10-7-17-3-2-4-18(17)15-20/h5-10,15H,2-4,11-14H2,1H3,(H,22,27). The van der Waals surface area contributed by atoms with Crippen LogP contribution in [0.2, 0.25) is 0 Å². The highest BCUT2D eigenvalue weighted by atomic mass is 32.2.